The molecule has 27 heavy (non-hydrogen) atoms. The van der Waals surface area contributed by atoms with Crippen LogP contribution in [-0.2, 0) is 9.53 Å². The van der Waals surface area contributed by atoms with Crippen LogP contribution < -0.4 is 0 Å². The van der Waals surface area contributed by atoms with Gasteiger partial charge in [-0.05, 0) is 53.8 Å². The number of aliphatic hydroxyl groups is 2. The third kappa shape index (κ3) is 1.34. The largest absolute Gasteiger partial charge is 0.461 e. The van der Waals surface area contributed by atoms with Gasteiger partial charge in [-0.15, -0.1) is 0 Å². The third-order valence-corrected chi connectivity index (χ3v) is 10.4. The Hall–Kier alpha value is -0.910. The van der Waals surface area contributed by atoms with E-state index in [1.807, 2.05) is 0 Å². The Morgan fingerprint density at radius 3 is 2.78 bits per heavy atom. The van der Waals surface area contributed by atoms with Crippen LogP contribution in [0, 0.1) is 39.9 Å². The summed E-state index contributed by atoms with van der Waals surface area (Å²) in [5.41, 5.74) is 1.24. The van der Waals surface area contributed by atoms with Gasteiger partial charge in [0.1, 0.15) is 6.10 Å². The highest BCUT2D eigenvalue weighted by Gasteiger charge is 2.90. The van der Waals surface area contributed by atoms with Crippen molar-refractivity contribution in [3.05, 3.63) is 12.2 Å². The zero-order chi connectivity index (χ0) is 18.7. The van der Waals surface area contributed by atoms with E-state index in [2.05, 4.69) is 18.4 Å². The number of carbonyl (C=O) groups excluding carboxylic acids is 1. The summed E-state index contributed by atoms with van der Waals surface area (Å²) in [7, 11) is 0. The van der Waals surface area contributed by atoms with E-state index in [9.17, 15) is 15.0 Å². The minimum Gasteiger partial charge on any atom is -0.461 e. The Labute approximate surface area is 159 Å². The summed E-state index contributed by atoms with van der Waals surface area (Å²) in [5, 5.41) is 22.5. The zero-order valence-corrected chi connectivity index (χ0v) is 16.1. The lowest BCUT2D eigenvalue weighted by molar-refractivity contribution is -0.221. The number of fused-ring (bicyclic) bond motifs is 1. The Kier molecular flexibility index (Phi) is 2.46. The third-order valence-electron chi connectivity index (χ3n) is 10.4. The molecule has 0 aromatic rings. The van der Waals surface area contributed by atoms with Crippen molar-refractivity contribution in [1.82, 2.24) is 4.90 Å². The first kappa shape index (κ1) is 15.9. The molecule has 13 atom stereocenters. The first-order valence-electron chi connectivity index (χ1n) is 10.7. The number of rotatable bonds is 1. The van der Waals surface area contributed by atoms with Gasteiger partial charge in [-0.1, -0.05) is 19.1 Å². The molecule has 9 fully saturated rings. The maximum atomic E-state index is 12.0. The minimum atomic E-state index is -0.493. The number of carbonyl (C=O) groups is 1. The SMILES string of the molecule is C=C1C[C@@]23C[C@H]4[C@@H]5[C@]6(C)C[C@H](O)C[C@@]57[C@@H]2[C@@H](O)[C@@H]1[C@@H](OC(C)=O)[C@@H]3[C@H]7N4C6. The first-order valence-corrected chi connectivity index (χ1v) is 10.7. The molecule has 146 valence electrons. The average molecular weight is 371 g/mol. The molecule has 1 unspecified atom stereocenters. The topological polar surface area (TPSA) is 70.0 Å². The molecule has 6 aliphatic carbocycles. The summed E-state index contributed by atoms with van der Waals surface area (Å²) in [6.07, 6.45) is 2.78. The highest BCUT2D eigenvalue weighted by atomic mass is 16.5. The summed E-state index contributed by atoms with van der Waals surface area (Å²) < 4.78 is 5.94. The van der Waals surface area contributed by atoms with Gasteiger partial charge in [0, 0.05) is 37.4 Å². The Balaban J connectivity index is 1.49. The van der Waals surface area contributed by atoms with Crippen LogP contribution in [0.15, 0.2) is 12.2 Å². The van der Waals surface area contributed by atoms with E-state index in [-0.39, 0.29) is 46.3 Å². The lowest BCUT2D eigenvalue weighted by Gasteiger charge is -2.66. The van der Waals surface area contributed by atoms with Gasteiger partial charge in [0.15, 0.2) is 0 Å². The summed E-state index contributed by atoms with van der Waals surface area (Å²) in [6, 6.07) is 0.930. The van der Waals surface area contributed by atoms with Crippen LogP contribution in [-0.4, -0.2) is 58.0 Å². The molecule has 0 radical (unpaired) electrons. The number of hydrogen-bond donors (Lipinski definition) is 2. The molecule has 2 N–H and O–H groups in total. The molecule has 9 bridgehead atoms. The summed E-state index contributed by atoms with van der Waals surface area (Å²) in [6.45, 7) is 9.25. The number of ether oxygens (including phenoxy) is 1. The van der Waals surface area contributed by atoms with Gasteiger partial charge >= 0.3 is 5.97 Å². The van der Waals surface area contributed by atoms with Gasteiger partial charge in [-0.3, -0.25) is 9.69 Å². The molecular weight excluding hydrogens is 342 g/mol. The molecule has 3 aliphatic heterocycles. The van der Waals surface area contributed by atoms with Crippen LogP contribution in [0.25, 0.3) is 0 Å². The fraction of sp³-hybridized carbons (Fsp3) is 0.864. The van der Waals surface area contributed by atoms with E-state index in [4.69, 9.17) is 4.74 Å². The van der Waals surface area contributed by atoms with Crippen molar-refractivity contribution in [2.75, 3.05) is 6.54 Å². The van der Waals surface area contributed by atoms with Gasteiger partial charge in [0.05, 0.1) is 12.2 Å². The number of nitrogens with zero attached hydrogens (tertiary/aromatic N) is 1. The molecule has 0 aromatic carbocycles. The Morgan fingerprint density at radius 2 is 2.04 bits per heavy atom. The van der Waals surface area contributed by atoms with Gasteiger partial charge in [-0.25, -0.2) is 0 Å². The van der Waals surface area contributed by atoms with Crippen molar-refractivity contribution >= 4 is 5.97 Å². The fourth-order valence-electron chi connectivity index (χ4n) is 11.0. The quantitative estimate of drug-likeness (QED) is 0.538. The van der Waals surface area contributed by atoms with Crippen molar-refractivity contribution in [3.8, 4) is 0 Å². The van der Waals surface area contributed by atoms with Crippen LogP contribution >= 0.6 is 0 Å². The molecule has 0 amide bonds. The lowest BCUT2D eigenvalue weighted by atomic mass is 9.39. The monoisotopic (exact) mass is 371 g/mol. The van der Waals surface area contributed by atoms with E-state index in [1.54, 1.807) is 0 Å². The Morgan fingerprint density at radius 1 is 1.26 bits per heavy atom. The maximum absolute atomic E-state index is 12.0. The van der Waals surface area contributed by atoms with Crippen LogP contribution in [0.1, 0.15) is 39.5 Å². The van der Waals surface area contributed by atoms with Gasteiger partial charge in [-0.2, -0.15) is 0 Å². The van der Waals surface area contributed by atoms with E-state index in [0.717, 1.165) is 37.8 Å². The molecule has 5 nitrogen and oxygen atoms in total. The van der Waals surface area contributed by atoms with E-state index in [1.165, 1.54) is 6.92 Å². The standard InChI is InChI=1S/C22H29NO4/c1-9-4-21-7-12-17-20(3)5-11(25)6-22(17)18(21)15(26)13(9)16(27-10(2)24)14(21)19(22)23(12)8-20/h11-19,25-26H,1,4-8H2,2-3H3/t11-,12-,13+,14+,15-,16+,17+,18+,19+,20+,21-,22-/m0/s1. The molecule has 9 rings (SSSR count). The molecule has 3 saturated heterocycles. The predicted octanol–water partition coefficient (Wildman–Crippen LogP) is 1.33. The highest BCUT2D eigenvalue weighted by Crippen LogP contribution is 2.87. The predicted molar refractivity (Wildman–Crippen MR) is 96.4 cm³/mol. The number of aliphatic hydroxyl groups excluding tert-OH is 2. The summed E-state index contributed by atoms with van der Waals surface area (Å²) in [4.78, 5) is 14.7. The zero-order valence-electron chi connectivity index (χ0n) is 16.1. The number of piperidine rings is 2. The van der Waals surface area contributed by atoms with E-state index >= 15 is 0 Å². The molecule has 6 saturated carbocycles. The molecule has 0 aromatic heterocycles. The fourth-order valence-corrected chi connectivity index (χ4v) is 11.0. The van der Waals surface area contributed by atoms with Crippen LogP contribution in [0.2, 0.25) is 0 Å². The summed E-state index contributed by atoms with van der Waals surface area (Å²) in [5.74, 6) is 0.709. The van der Waals surface area contributed by atoms with Crippen LogP contribution in [0.4, 0.5) is 0 Å². The van der Waals surface area contributed by atoms with Crippen molar-refractivity contribution in [2.45, 2.75) is 69.9 Å². The lowest BCUT2D eigenvalue weighted by Crippen LogP contribution is -2.68. The van der Waals surface area contributed by atoms with E-state index in [0.29, 0.717) is 23.9 Å². The van der Waals surface area contributed by atoms with Crippen molar-refractivity contribution in [3.63, 3.8) is 0 Å². The molecular formula is C22H29NO4. The second kappa shape index (κ2) is 4.17. The van der Waals surface area contributed by atoms with Gasteiger partial charge < -0.3 is 14.9 Å². The van der Waals surface area contributed by atoms with E-state index < -0.39 is 6.10 Å². The van der Waals surface area contributed by atoms with Crippen LogP contribution in [0.5, 0.6) is 0 Å². The second-order valence-electron chi connectivity index (χ2n) is 11.4. The number of esters is 1. The first-order chi connectivity index (χ1) is 12.7. The molecule has 5 heteroatoms. The van der Waals surface area contributed by atoms with Crippen molar-refractivity contribution < 1.29 is 19.7 Å². The maximum Gasteiger partial charge on any atom is 0.302 e. The summed E-state index contributed by atoms with van der Waals surface area (Å²) >= 11 is 0. The minimum absolute atomic E-state index is 0.00842. The smallest absolute Gasteiger partial charge is 0.302 e. The molecule has 9 aliphatic rings. The average Bonchev–Trinajstić information content (AvgIpc) is 2.95. The highest BCUT2D eigenvalue weighted by molar-refractivity contribution is 5.66. The number of hydrogen-bond acceptors (Lipinski definition) is 5. The van der Waals surface area contributed by atoms with Crippen molar-refractivity contribution in [1.29, 1.82) is 0 Å². The Bertz CT molecular complexity index is 812. The van der Waals surface area contributed by atoms with Gasteiger partial charge in [0.25, 0.3) is 0 Å². The molecule has 2 spiro atoms. The normalized spacial score (nSPS) is 68.7. The van der Waals surface area contributed by atoms with Crippen molar-refractivity contribution in [2.24, 2.45) is 39.9 Å². The van der Waals surface area contributed by atoms with Crippen LogP contribution in [0.3, 0.4) is 0 Å². The second-order valence-corrected chi connectivity index (χ2v) is 11.4. The molecule has 3 heterocycles. The van der Waals surface area contributed by atoms with Gasteiger partial charge in [0.2, 0.25) is 0 Å².